The summed E-state index contributed by atoms with van der Waals surface area (Å²) in [6, 6.07) is 18.2. The number of hydrogen-bond donors (Lipinski definition) is 1. The van der Waals surface area contributed by atoms with E-state index in [1.807, 2.05) is 54.0 Å². The van der Waals surface area contributed by atoms with Crippen LogP contribution in [0.4, 0.5) is 5.69 Å². The molecule has 0 radical (unpaired) electrons. The number of benzene rings is 2. The summed E-state index contributed by atoms with van der Waals surface area (Å²) in [4.78, 5) is 29.8. The van der Waals surface area contributed by atoms with Crippen LogP contribution in [0.15, 0.2) is 86.7 Å². The van der Waals surface area contributed by atoms with Gasteiger partial charge in [0.25, 0.3) is 5.91 Å². The highest BCUT2D eigenvalue weighted by atomic mass is 79.9. The van der Waals surface area contributed by atoms with Crippen molar-refractivity contribution in [3.05, 3.63) is 99.1 Å². The Labute approximate surface area is 185 Å². The van der Waals surface area contributed by atoms with Crippen molar-refractivity contribution < 1.29 is 9.21 Å². The number of nitrogens with zero attached hydrogens (tertiary/aromatic N) is 2. The molecule has 152 valence electrons. The van der Waals surface area contributed by atoms with Crippen molar-refractivity contribution in [1.82, 2.24) is 9.38 Å². The lowest BCUT2D eigenvalue weighted by Crippen LogP contribution is -2.20. The normalized spacial score (nSPS) is 11.2. The van der Waals surface area contributed by atoms with Crippen LogP contribution < -0.4 is 10.9 Å². The number of pyridine rings is 1. The van der Waals surface area contributed by atoms with Crippen molar-refractivity contribution in [2.24, 2.45) is 0 Å². The van der Waals surface area contributed by atoms with Crippen molar-refractivity contribution in [3.63, 3.8) is 0 Å². The van der Waals surface area contributed by atoms with E-state index in [9.17, 15) is 9.59 Å². The minimum Gasteiger partial charge on any atom is -0.422 e. The first kappa shape index (κ1) is 19.3. The number of hydrogen-bond acceptors (Lipinski definition) is 4. The zero-order valence-corrected chi connectivity index (χ0v) is 18.0. The molecule has 2 aromatic carbocycles. The standard InChI is InChI=1S/C24H16BrN3O3/c1-14-7-8-28-13-20(27-22(28)9-14)15-3-2-4-18(11-15)26-23(29)19-12-16-10-17(25)5-6-21(16)31-24(19)30/h2-13H,1H3,(H,26,29). The van der Waals surface area contributed by atoms with Gasteiger partial charge in [-0.15, -0.1) is 0 Å². The van der Waals surface area contributed by atoms with Crippen molar-refractivity contribution in [2.45, 2.75) is 6.92 Å². The Kier molecular flexibility index (Phi) is 4.67. The molecular weight excluding hydrogens is 458 g/mol. The van der Waals surface area contributed by atoms with Gasteiger partial charge >= 0.3 is 5.63 Å². The Balaban J connectivity index is 1.46. The number of amides is 1. The summed E-state index contributed by atoms with van der Waals surface area (Å²) >= 11 is 3.38. The lowest BCUT2D eigenvalue weighted by molar-refractivity contribution is 0.102. The molecule has 5 aromatic rings. The average Bonchev–Trinajstić information content (AvgIpc) is 3.17. The molecule has 0 aliphatic carbocycles. The quantitative estimate of drug-likeness (QED) is 0.354. The van der Waals surface area contributed by atoms with E-state index in [2.05, 4.69) is 26.2 Å². The van der Waals surface area contributed by atoms with E-state index >= 15 is 0 Å². The zero-order chi connectivity index (χ0) is 21.5. The van der Waals surface area contributed by atoms with Gasteiger partial charge in [-0.05, 0) is 61.0 Å². The molecule has 6 nitrogen and oxygen atoms in total. The second-order valence-electron chi connectivity index (χ2n) is 7.26. The van der Waals surface area contributed by atoms with Crippen LogP contribution in [0.1, 0.15) is 15.9 Å². The minimum absolute atomic E-state index is 0.0563. The van der Waals surface area contributed by atoms with Crippen LogP contribution in [0.2, 0.25) is 0 Å². The first-order valence-corrected chi connectivity index (χ1v) is 10.4. The Morgan fingerprint density at radius 3 is 2.84 bits per heavy atom. The van der Waals surface area contributed by atoms with E-state index in [0.29, 0.717) is 16.7 Å². The first-order valence-electron chi connectivity index (χ1n) is 9.57. The van der Waals surface area contributed by atoms with E-state index in [1.54, 1.807) is 24.3 Å². The number of aromatic nitrogens is 2. The highest BCUT2D eigenvalue weighted by molar-refractivity contribution is 9.10. The second kappa shape index (κ2) is 7.52. The van der Waals surface area contributed by atoms with Crippen molar-refractivity contribution >= 4 is 44.1 Å². The fourth-order valence-electron chi connectivity index (χ4n) is 3.43. The summed E-state index contributed by atoms with van der Waals surface area (Å²) < 4.78 is 8.07. The molecule has 31 heavy (non-hydrogen) atoms. The number of imidazole rings is 1. The molecule has 0 bridgehead atoms. The van der Waals surface area contributed by atoms with Crippen molar-refractivity contribution in [1.29, 1.82) is 0 Å². The fraction of sp³-hybridized carbons (Fsp3) is 0.0417. The third-order valence-corrected chi connectivity index (χ3v) is 5.46. The summed E-state index contributed by atoms with van der Waals surface area (Å²) in [5.74, 6) is -0.529. The lowest BCUT2D eigenvalue weighted by atomic mass is 10.1. The molecule has 0 spiro atoms. The molecule has 0 atom stereocenters. The number of aryl methyl sites for hydroxylation is 1. The highest BCUT2D eigenvalue weighted by Gasteiger charge is 2.15. The maximum atomic E-state index is 12.8. The largest absolute Gasteiger partial charge is 0.422 e. The summed E-state index contributed by atoms with van der Waals surface area (Å²) in [6.07, 6.45) is 3.90. The number of nitrogens with one attached hydrogen (secondary N) is 1. The smallest absolute Gasteiger partial charge is 0.349 e. The van der Waals surface area contributed by atoms with Gasteiger partial charge in [0.1, 0.15) is 16.8 Å². The second-order valence-corrected chi connectivity index (χ2v) is 8.18. The molecule has 7 heteroatoms. The molecule has 3 heterocycles. The van der Waals surface area contributed by atoms with E-state index in [0.717, 1.165) is 26.9 Å². The van der Waals surface area contributed by atoms with Crippen molar-refractivity contribution in [2.75, 3.05) is 5.32 Å². The minimum atomic E-state index is -0.681. The van der Waals surface area contributed by atoms with E-state index < -0.39 is 11.5 Å². The van der Waals surface area contributed by atoms with E-state index in [1.165, 1.54) is 6.07 Å². The predicted octanol–water partition coefficient (Wildman–Crippen LogP) is 5.43. The van der Waals surface area contributed by atoms with Crippen LogP contribution in [0.25, 0.3) is 27.9 Å². The Bertz CT molecular complexity index is 1530. The molecule has 1 N–H and O–H groups in total. The third kappa shape index (κ3) is 3.75. The zero-order valence-electron chi connectivity index (χ0n) is 16.4. The molecule has 0 aliphatic rings. The monoisotopic (exact) mass is 473 g/mol. The Morgan fingerprint density at radius 2 is 1.97 bits per heavy atom. The number of rotatable bonds is 3. The summed E-state index contributed by atoms with van der Waals surface area (Å²) in [7, 11) is 0. The molecule has 1 amide bonds. The fourth-order valence-corrected chi connectivity index (χ4v) is 3.81. The topological polar surface area (TPSA) is 76.6 Å². The van der Waals surface area contributed by atoms with Crippen LogP contribution in [0.5, 0.6) is 0 Å². The SMILES string of the molecule is Cc1ccn2cc(-c3cccc(NC(=O)c4cc5cc(Br)ccc5oc4=O)c3)nc2c1. The lowest BCUT2D eigenvalue weighted by Gasteiger charge is -2.07. The summed E-state index contributed by atoms with van der Waals surface area (Å²) in [5.41, 5.74) is 3.87. The first-order chi connectivity index (χ1) is 15.0. The number of carbonyl (C=O) groups is 1. The van der Waals surface area contributed by atoms with Crippen LogP contribution in [0, 0.1) is 6.92 Å². The van der Waals surface area contributed by atoms with Crippen LogP contribution in [-0.2, 0) is 0 Å². The van der Waals surface area contributed by atoms with Gasteiger partial charge in [0.15, 0.2) is 0 Å². The maximum Gasteiger partial charge on any atom is 0.349 e. The molecule has 0 unspecified atom stereocenters. The molecular formula is C24H16BrN3O3. The van der Waals surface area contributed by atoms with Crippen molar-refractivity contribution in [3.8, 4) is 11.3 Å². The molecule has 0 saturated carbocycles. The Morgan fingerprint density at radius 1 is 1.10 bits per heavy atom. The van der Waals surface area contributed by atoms with Gasteiger partial charge in [-0.3, -0.25) is 4.79 Å². The van der Waals surface area contributed by atoms with Gasteiger partial charge in [0.2, 0.25) is 0 Å². The molecule has 0 fully saturated rings. The Hall–Kier alpha value is -3.71. The molecule has 0 aliphatic heterocycles. The predicted molar refractivity (Wildman–Crippen MR) is 124 cm³/mol. The number of fused-ring (bicyclic) bond motifs is 2. The highest BCUT2D eigenvalue weighted by Crippen LogP contribution is 2.24. The molecule has 0 saturated heterocycles. The van der Waals surface area contributed by atoms with E-state index in [4.69, 9.17) is 4.42 Å². The van der Waals surface area contributed by atoms with Gasteiger partial charge in [0, 0.05) is 33.5 Å². The molecule has 5 rings (SSSR count). The van der Waals surface area contributed by atoms with Gasteiger partial charge < -0.3 is 14.1 Å². The number of halogens is 1. The van der Waals surface area contributed by atoms with Gasteiger partial charge in [-0.2, -0.15) is 0 Å². The molecule has 3 aromatic heterocycles. The van der Waals surface area contributed by atoms with Gasteiger partial charge in [-0.1, -0.05) is 28.1 Å². The third-order valence-electron chi connectivity index (χ3n) is 4.97. The number of anilines is 1. The summed E-state index contributed by atoms with van der Waals surface area (Å²) in [6.45, 7) is 2.02. The van der Waals surface area contributed by atoms with Gasteiger partial charge in [0.05, 0.1) is 5.69 Å². The van der Waals surface area contributed by atoms with E-state index in [-0.39, 0.29) is 5.56 Å². The van der Waals surface area contributed by atoms with Crippen LogP contribution >= 0.6 is 15.9 Å². The van der Waals surface area contributed by atoms with Crippen LogP contribution in [-0.4, -0.2) is 15.3 Å². The maximum absolute atomic E-state index is 12.8. The van der Waals surface area contributed by atoms with Gasteiger partial charge in [-0.25, -0.2) is 9.78 Å². The average molecular weight is 474 g/mol. The summed E-state index contributed by atoms with van der Waals surface area (Å²) in [5, 5.41) is 3.45. The number of carbonyl (C=O) groups excluding carboxylic acids is 1. The van der Waals surface area contributed by atoms with Crippen LogP contribution in [0.3, 0.4) is 0 Å².